The number of halogens is 4. The molecule has 1 aliphatic carbocycles. The van der Waals surface area contributed by atoms with Gasteiger partial charge in [-0.2, -0.15) is 0 Å². The second-order valence-corrected chi connectivity index (χ2v) is 8.67. The third-order valence-electron chi connectivity index (χ3n) is 5.75. The SMILES string of the molecule is O=C(NC1CC(F)(F)C1)C(c1ccccc1Cl)N(C(=O)Cn1ccnc1CO)c1cccc(F)c1. The topological polar surface area (TPSA) is 87.5 Å². The van der Waals surface area contributed by atoms with Crippen molar-refractivity contribution in [2.45, 2.75) is 44.0 Å². The number of aromatic nitrogens is 2. The van der Waals surface area contributed by atoms with Gasteiger partial charge in [0.1, 0.15) is 30.8 Å². The van der Waals surface area contributed by atoms with E-state index in [9.17, 15) is 27.9 Å². The van der Waals surface area contributed by atoms with Crippen molar-refractivity contribution in [3.05, 3.63) is 83.2 Å². The summed E-state index contributed by atoms with van der Waals surface area (Å²) in [4.78, 5) is 32.2. The van der Waals surface area contributed by atoms with E-state index in [1.807, 2.05) is 0 Å². The molecule has 1 fully saturated rings. The molecule has 1 atom stereocenters. The third-order valence-corrected chi connectivity index (χ3v) is 6.09. The standard InChI is InChI=1S/C24H22ClF3N4O3/c25-19-7-2-1-6-18(19)22(23(35)30-16-11-24(27,28)12-16)32(17-5-3-4-15(26)10-17)21(34)13-31-9-8-29-20(31)14-33/h1-10,16,22,33H,11-14H2,(H,30,35). The first kappa shape index (κ1) is 24.7. The smallest absolute Gasteiger partial charge is 0.252 e. The maximum atomic E-state index is 14.2. The second-order valence-electron chi connectivity index (χ2n) is 8.27. The van der Waals surface area contributed by atoms with Crippen molar-refractivity contribution in [1.29, 1.82) is 0 Å². The van der Waals surface area contributed by atoms with Crippen LogP contribution >= 0.6 is 11.6 Å². The number of alkyl halides is 2. The van der Waals surface area contributed by atoms with Crippen molar-refractivity contribution in [3.8, 4) is 0 Å². The van der Waals surface area contributed by atoms with Gasteiger partial charge in [-0.1, -0.05) is 35.9 Å². The quantitative estimate of drug-likeness (QED) is 0.486. The van der Waals surface area contributed by atoms with Crippen LogP contribution in [0.15, 0.2) is 60.9 Å². The van der Waals surface area contributed by atoms with Crippen LogP contribution in [0.1, 0.15) is 30.3 Å². The molecule has 184 valence electrons. The van der Waals surface area contributed by atoms with Crippen LogP contribution in [0.25, 0.3) is 0 Å². The number of hydrogen-bond donors (Lipinski definition) is 2. The van der Waals surface area contributed by atoms with E-state index in [0.717, 1.165) is 11.0 Å². The number of carbonyl (C=O) groups is 2. The fourth-order valence-corrected chi connectivity index (χ4v) is 4.30. The van der Waals surface area contributed by atoms with Gasteiger partial charge in [-0.3, -0.25) is 14.5 Å². The number of nitrogens with one attached hydrogen (secondary N) is 1. The summed E-state index contributed by atoms with van der Waals surface area (Å²) in [6.07, 6.45) is 1.85. The number of amides is 2. The minimum Gasteiger partial charge on any atom is -0.388 e. The van der Waals surface area contributed by atoms with Gasteiger partial charge in [-0.25, -0.2) is 18.2 Å². The summed E-state index contributed by atoms with van der Waals surface area (Å²) in [6.45, 7) is -0.757. The van der Waals surface area contributed by atoms with E-state index in [-0.39, 0.29) is 28.6 Å². The van der Waals surface area contributed by atoms with E-state index in [4.69, 9.17) is 11.6 Å². The molecule has 0 spiro atoms. The molecule has 1 aliphatic rings. The third kappa shape index (κ3) is 5.49. The van der Waals surface area contributed by atoms with E-state index >= 15 is 0 Å². The van der Waals surface area contributed by atoms with Crippen LogP contribution in [0.4, 0.5) is 18.9 Å². The Morgan fingerprint density at radius 2 is 1.97 bits per heavy atom. The number of rotatable bonds is 8. The van der Waals surface area contributed by atoms with E-state index < -0.39 is 55.1 Å². The molecular weight excluding hydrogens is 485 g/mol. The van der Waals surface area contributed by atoms with Gasteiger partial charge in [0.05, 0.1) is 0 Å². The Balaban J connectivity index is 1.76. The summed E-state index contributed by atoms with van der Waals surface area (Å²) in [5, 5.41) is 12.2. The average Bonchev–Trinajstić information content (AvgIpc) is 3.23. The summed E-state index contributed by atoms with van der Waals surface area (Å²) in [7, 11) is 0. The Morgan fingerprint density at radius 3 is 2.63 bits per heavy atom. The van der Waals surface area contributed by atoms with Crippen LogP contribution in [-0.4, -0.2) is 38.4 Å². The molecule has 0 bridgehead atoms. The Hall–Kier alpha value is -3.37. The molecule has 35 heavy (non-hydrogen) atoms. The van der Waals surface area contributed by atoms with Crippen molar-refractivity contribution in [2.24, 2.45) is 0 Å². The first-order valence-electron chi connectivity index (χ1n) is 10.8. The molecule has 0 aliphatic heterocycles. The number of aliphatic hydroxyl groups is 1. The maximum Gasteiger partial charge on any atom is 0.252 e. The number of benzene rings is 2. The molecule has 1 heterocycles. The summed E-state index contributed by atoms with van der Waals surface area (Å²) in [5.41, 5.74) is 0.308. The first-order valence-corrected chi connectivity index (χ1v) is 11.2. The molecule has 1 aromatic heterocycles. The Morgan fingerprint density at radius 1 is 1.23 bits per heavy atom. The highest BCUT2D eigenvalue weighted by molar-refractivity contribution is 6.31. The molecule has 2 amide bonds. The maximum absolute atomic E-state index is 14.2. The van der Waals surface area contributed by atoms with Crippen molar-refractivity contribution < 1.29 is 27.9 Å². The molecule has 0 radical (unpaired) electrons. The van der Waals surface area contributed by atoms with E-state index in [1.165, 1.54) is 47.3 Å². The molecule has 2 aromatic carbocycles. The van der Waals surface area contributed by atoms with E-state index in [2.05, 4.69) is 10.3 Å². The van der Waals surface area contributed by atoms with Gasteiger partial charge < -0.3 is 15.0 Å². The molecule has 3 aromatic rings. The Bertz CT molecular complexity index is 1230. The van der Waals surface area contributed by atoms with Gasteiger partial charge in [-0.05, 0) is 24.3 Å². The van der Waals surface area contributed by atoms with Gasteiger partial charge in [0.15, 0.2) is 0 Å². The van der Waals surface area contributed by atoms with Crippen LogP contribution in [0.2, 0.25) is 5.02 Å². The van der Waals surface area contributed by atoms with Crippen LogP contribution in [0, 0.1) is 5.82 Å². The monoisotopic (exact) mass is 506 g/mol. The molecule has 11 heteroatoms. The van der Waals surface area contributed by atoms with Gasteiger partial charge in [0.25, 0.3) is 5.92 Å². The van der Waals surface area contributed by atoms with Crippen LogP contribution in [0.5, 0.6) is 0 Å². The molecule has 0 saturated heterocycles. The molecular formula is C24H22ClF3N4O3. The zero-order chi connectivity index (χ0) is 25.2. The lowest BCUT2D eigenvalue weighted by Gasteiger charge is -2.38. The summed E-state index contributed by atoms with van der Waals surface area (Å²) >= 11 is 6.39. The summed E-state index contributed by atoms with van der Waals surface area (Å²) in [5.74, 6) is -4.66. The van der Waals surface area contributed by atoms with E-state index in [0.29, 0.717) is 0 Å². The zero-order valence-corrected chi connectivity index (χ0v) is 19.1. The first-order chi connectivity index (χ1) is 16.7. The Kier molecular flexibility index (Phi) is 7.13. The van der Waals surface area contributed by atoms with E-state index in [1.54, 1.807) is 12.1 Å². The summed E-state index contributed by atoms with van der Waals surface area (Å²) < 4.78 is 42.4. The number of nitrogens with zero attached hydrogens (tertiary/aromatic N) is 3. The van der Waals surface area contributed by atoms with Crippen LogP contribution in [0.3, 0.4) is 0 Å². The largest absolute Gasteiger partial charge is 0.388 e. The Labute approximate surface area is 204 Å². The molecule has 2 N–H and O–H groups in total. The number of anilines is 1. The molecule has 1 unspecified atom stereocenters. The lowest BCUT2D eigenvalue weighted by molar-refractivity contribution is -0.132. The van der Waals surface area contributed by atoms with Gasteiger partial charge in [-0.15, -0.1) is 0 Å². The number of imidazole rings is 1. The molecule has 1 saturated carbocycles. The number of aliphatic hydroxyl groups excluding tert-OH is 1. The van der Waals surface area contributed by atoms with Crippen molar-refractivity contribution in [3.63, 3.8) is 0 Å². The highest BCUT2D eigenvalue weighted by atomic mass is 35.5. The van der Waals surface area contributed by atoms with Crippen LogP contribution < -0.4 is 10.2 Å². The minimum absolute atomic E-state index is 0.0691. The van der Waals surface area contributed by atoms with Crippen molar-refractivity contribution in [1.82, 2.24) is 14.9 Å². The predicted octanol–water partition coefficient (Wildman–Crippen LogP) is 3.86. The average molecular weight is 507 g/mol. The van der Waals surface area contributed by atoms with Crippen molar-refractivity contribution >= 4 is 29.1 Å². The fourth-order valence-electron chi connectivity index (χ4n) is 4.06. The fraction of sp³-hybridized carbons (Fsp3) is 0.292. The highest BCUT2D eigenvalue weighted by Gasteiger charge is 2.47. The lowest BCUT2D eigenvalue weighted by atomic mass is 9.87. The highest BCUT2D eigenvalue weighted by Crippen LogP contribution is 2.39. The zero-order valence-electron chi connectivity index (χ0n) is 18.4. The van der Waals surface area contributed by atoms with Gasteiger partial charge in [0, 0.05) is 47.6 Å². The normalized spacial score (nSPS) is 15.8. The molecule has 4 rings (SSSR count). The summed E-state index contributed by atoms with van der Waals surface area (Å²) in [6, 6.07) is 9.29. The van der Waals surface area contributed by atoms with Gasteiger partial charge in [0.2, 0.25) is 11.8 Å². The lowest BCUT2D eigenvalue weighted by Crippen LogP contribution is -2.54. The molecule has 7 nitrogen and oxygen atoms in total. The number of carbonyl (C=O) groups excluding carboxylic acids is 2. The second kappa shape index (κ2) is 10.1. The van der Waals surface area contributed by atoms with Gasteiger partial charge >= 0.3 is 0 Å². The number of hydrogen-bond acceptors (Lipinski definition) is 4. The van der Waals surface area contributed by atoms with Crippen molar-refractivity contribution in [2.75, 3.05) is 4.90 Å². The van der Waals surface area contributed by atoms with Crippen LogP contribution in [-0.2, 0) is 22.7 Å². The predicted molar refractivity (Wildman–Crippen MR) is 122 cm³/mol. The minimum atomic E-state index is -2.86.